The summed E-state index contributed by atoms with van der Waals surface area (Å²) in [6, 6.07) is 5.70. The first-order valence-electron chi connectivity index (χ1n) is 5.84. The van der Waals surface area contributed by atoms with Crippen LogP contribution in [-0.2, 0) is 17.6 Å². The molecule has 1 aliphatic carbocycles. The summed E-state index contributed by atoms with van der Waals surface area (Å²) in [7, 11) is 0. The van der Waals surface area contributed by atoms with Crippen LogP contribution >= 0.6 is 0 Å². The van der Waals surface area contributed by atoms with E-state index in [1.54, 1.807) is 13.8 Å². The van der Waals surface area contributed by atoms with E-state index in [0.29, 0.717) is 5.56 Å². The first kappa shape index (κ1) is 11.8. The lowest BCUT2D eigenvalue weighted by molar-refractivity contribution is -0.142. The van der Waals surface area contributed by atoms with Crippen molar-refractivity contribution in [1.29, 1.82) is 0 Å². The van der Waals surface area contributed by atoms with E-state index in [9.17, 15) is 9.59 Å². The average molecular weight is 232 g/mol. The van der Waals surface area contributed by atoms with Gasteiger partial charge in [0, 0.05) is 5.56 Å². The Morgan fingerprint density at radius 3 is 2.53 bits per heavy atom. The highest BCUT2D eigenvalue weighted by Gasteiger charge is 2.30. The van der Waals surface area contributed by atoms with Crippen LogP contribution in [0.2, 0.25) is 0 Å². The summed E-state index contributed by atoms with van der Waals surface area (Å²) >= 11 is 0. The Hall–Kier alpha value is -1.64. The number of rotatable bonds is 3. The average Bonchev–Trinajstić information content (AvgIpc) is 2.69. The van der Waals surface area contributed by atoms with Crippen molar-refractivity contribution >= 4 is 11.8 Å². The highest BCUT2D eigenvalue weighted by molar-refractivity contribution is 5.94. The van der Waals surface area contributed by atoms with Gasteiger partial charge >= 0.3 is 5.97 Å². The molecule has 2 rings (SSSR count). The third-order valence-corrected chi connectivity index (χ3v) is 3.67. The minimum atomic E-state index is -0.741. The fourth-order valence-electron chi connectivity index (χ4n) is 2.43. The Bertz CT molecular complexity index is 476. The normalized spacial score (nSPS) is 19.8. The third-order valence-electron chi connectivity index (χ3n) is 3.67. The van der Waals surface area contributed by atoms with Gasteiger partial charge in [0.15, 0.2) is 5.78 Å². The number of hydrogen-bond donors (Lipinski definition) is 1. The van der Waals surface area contributed by atoms with E-state index in [1.165, 1.54) is 5.56 Å². The first-order chi connectivity index (χ1) is 7.99. The second-order valence-electron chi connectivity index (χ2n) is 4.83. The molecule has 0 saturated carbocycles. The van der Waals surface area contributed by atoms with Crippen LogP contribution in [0.5, 0.6) is 0 Å². The van der Waals surface area contributed by atoms with Crippen molar-refractivity contribution in [2.75, 3.05) is 0 Å². The van der Waals surface area contributed by atoms with Gasteiger partial charge in [0.2, 0.25) is 0 Å². The van der Waals surface area contributed by atoms with Crippen molar-refractivity contribution in [2.45, 2.75) is 26.7 Å². The van der Waals surface area contributed by atoms with Gasteiger partial charge in [0.1, 0.15) is 0 Å². The quantitative estimate of drug-likeness (QED) is 0.814. The van der Waals surface area contributed by atoms with Crippen molar-refractivity contribution in [1.82, 2.24) is 0 Å². The monoisotopic (exact) mass is 232 g/mol. The van der Waals surface area contributed by atoms with Gasteiger partial charge in [-0.05, 0) is 42.9 Å². The number of benzene rings is 1. The van der Waals surface area contributed by atoms with Gasteiger partial charge in [-0.3, -0.25) is 9.59 Å². The van der Waals surface area contributed by atoms with E-state index < -0.39 is 5.97 Å². The fraction of sp³-hybridized carbons (Fsp3) is 0.429. The number of carbonyl (C=O) groups excluding carboxylic acids is 1. The second-order valence-corrected chi connectivity index (χ2v) is 4.83. The maximum atomic E-state index is 11.3. The number of aliphatic carboxylic acids is 1. The van der Waals surface area contributed by atoms with Crippen molar-refractivity contribution in [2.24, 2.45) is 11.8 Å². The SMILES string of the molecule is CC(=O)c1ccc2c(c1)CC(C(C)C(=O)O)C2. The summed E-state index contributed by atoms with van der Waals surface area (Å²) in [5.41, 5.74) is 3.04. The number of carbonyl (C=O) groups is 2. The summed E-state index contributed by atoms with van der Waals surface area (Å²) in [5, 5.41) is 9.01. The predicted octanol–water partition coefficient (Wildman–Crippen LogP) is 2.32. The van der Waals surface area contributed by atoms with Crippen LogP contribution < -0.4 is 0 Å². The lowest BCUT2D eigenvalue weighted by atomic mass is 9.91. The Morgan fingerprint density at radius 2 is 1.94 bits per heavy atom. The number of carboxylic acids is 1. The minimum absolute atomic E-state index is 0.0579. The molecule has 0 heterocycles. The van der Waals surface area contributed by atoms with E-state index in [4.69, 9.17) is 5.11 Å². The Morgan fingerprint density at radius 1 is 1.29 bits per heavy atom. The lowest BCUT2D eigenvalue weighted by Gasteiger charge is -2.13. The summed E-state index contributed by atoms with van der Waals surface area (Å²) in [5.74, 6) is -0.856. The molecule has 1 aromatic carbocycles. The fourth-order valence-corrected chi connectivity index (χ4v) is 2.43. The molecule has 2 unspecified atom stereocenters. The molecule has 0 saturated heterocycles. The second kappa shape index (κ2) is 4.32. The molecule has 0 radical (unpaired) electrons. The predicted molar refractivity (Wildman–Crippen MR) is 64.1 cm³/mol. The summed E-state index contributed by atoms with van der Waals surface area (Å²) in [6.45, 7) is 3.30. The maximum absolute atomic E-state index is 11.3. The largest absolute Gasteiger partial charge is 0.481 e. The van der Waals surface area contributed by atoms with Crippen LogP contribution in [0.4, 0.5) is 0 Å². The molecule has 3 heteroatoms. The van der Waals surface area contributed by atoms with Crippen LogP contribution in [0.1, 0.15) is 35.3 Å². The number of ketones is 1. The summed E-state index contributed by atoms with van der Waals surface area (Å²) in [6.07, 6.45) is 1.57. The molecule has 17 heavy (non-hydrogen) atoms. The molecule has 90 valence electrons. The van der Waals surface area contributed by atoms with Gasteiger partial charge < -0.3 is 5.11 Å². The van der Waals surface area contributed by atoms with Crippen LogP contribution in [0, 0.1) is 11.8 Å². The molecule has 0 fully saturated rings. The maximum Gasteiger partial charge on any atom is 0.306 e. The smallest absolute Gasteiger partial charge is 0.306 e. The number of hydrogen-bond acceptors (Lipinski definition) is 2. The number of Topliss-reactive ketones (excluding diaryl/α,β-unsaturated/α-hetero) is 1. The molecule has 3 nitrogen and oxygen atoms in total. The topological polar surface area (TPSA) is 54.4 Å². The van der Waals surface area contributed by atoms with E-state index >= 15 is 0 Å². The van der Waals surface area contributed by atoms with E-state index in [1.807, 2.05) is 18.2 Å². The van der Waals surface area contributed by atoms with Crippen LogP contribution in [0.15, 0.2) is 18.2 Å². The Balaban J connectivity index is 2.22. The summed E-state index contributed by atoms with van der Waals surface area (Å²) < 4.78 is 0. The molecule has 0 aliphatic heterocycles. The molecule has 0 bridgehead atoms. The molecule has 0 spiro atoms. The molecule has 1 aromatic rings. The zero-order valence-electron chi connectivity index (χ0n) is 10.1. The van der Waals surface area contributed by atoms with E-state index in [-0.39, 0.29) is 17.6 Å². The Labute approximate surface area is 100 Å². The van der Waals surface area contributed by atoms with Gasteiger partial charge in [0.05, 0.1) is 5.92 Å². The zero-order valence-corrected chi connectivity index (χ0v) is 10.1. The van der Waals surface area contributed by atoms with Gasteiger partial charge in [-0.25, -0.2) is 0 Å². The van der Waals surface area contributed by atoms with Crippen LogP contribution in [-0.4, -0.2) is 16.9 Å². The molecular weight excluding hydrogens is 216 g/mol. The van der Waals surface area contributed by atoms with Crippen molar-refractivity contribution in [3.05, 3.63) is 34.9 Å². The molecule has 2 atom stereocenters. The van der Waals surface area contributed by atoms with Crippen molar-refractivity contribution in [3.8, 4) is 0 Å². The van der Waals surface area contributed by atoms with Crippen LogP contribution in [0.3, 0.4) is 0 Å². The Kier molecular flexibility index (Phi) is 3.01. The molecule has 1 N–H and O–H groups in total. The van der Waals surface area contributed by atoms with Crippen molar-refractivity contribution < 1.29 is 14.7 Å². The van der Waals surface area contributed by atoms with Crippen LogP contribution in [0.25, 0.3) is 0 Å². The third kappa shape index (κ3) is 2.23. The molecule has 0 amide bonds. The van der Waals surface area contributed by atoms with Gasteiger partial charge in [-0.2, -0.15) is 0 Å². The lowest BCUT2D eigenvalue weighted by Crippen LogP contribution is -2.20. The van der Waals surface area contributed by atoms with Gasteiger partial charge in [-0.15, -0.1) is 0 Å². The van der Waals surface area contributed by atoms with Gasteiger partial charge in [-0.1, -0.05) is 19.1 Å². The highest BCUT2D eigenvalue weighted by atomic mass is 16.4. The number of carboxylic acid groups (broad SMARTS) is 1. The number of fused-ring (bicyclic) bond motifs is 1. The van der Waals surface area contributed by atoms with Crippen molar-refractivity contribution in [3.63, 3.8) is 0 Å². The zero-order chi connectivity index (χ0) is 12.6. The standard InChI is InChI=1S/C14H16O3/c1-8(14(16)17)12-6-11-4-3-10(9(2)15)5-13(11)7-12/h3-5,8,12H,6-7H2,1-2H3,(H,16,17). The molecular formula is C14H16O3. The van der Waals surface area contributed by atoms with E-state index in [0.717, 1.165) is 18.4 Å². The minimum Gasteiger partial charge on any atom is -0.481 e. The van der Waals surface area contributed by atoms with E-state index in [2.05, 4.69) is 0 Å². The highest BCUT2D eigenvalue weighted by Crippen LogP contribution is 2.32. The summed E-state index contributed by atoms with van der Waals surface area (Å²) in [4.78, 5) is 22.2. The van der Waals surface area contributed by atoms with Gasteiger partial charge in [0.25, 0.3) is 0 Å². The first-order valence-corrected chi connectivity index (χ1v) is 5.84. The molecule has 0 aromatic heterocycles. The molecule has 1 aliphatic rings.